The molecule has 90 valence electrons. The van der Waals surface area contributed by atoms with Crippen molar-refractivity contribution in [3.8, 4) is 0 Å². The van der Waals surface area contributed by atoms with Gasteiger partial charge >= 0.3 is 0 Å². The molecule has 0 aliphatic carbocycles. The van der Waals surface area contributed by atoms with Crippen molar-refractivity contribution in [2.24, 2.45) is 5.92 Å². The Morgan fingerprint density at radius 2 is 1.88 bits per heavy atom. The van der Waals surface area contributed by atoms with Gasteiger partial charge in [0.1, 0.15) is 0 Å². The molecule has 2 aliphatic heterocycles. The summed E-state index contributed by atoms with van der Waals surface area (Å²) in [6.07, 6.45) is 3.83. The molecule has 3 heteroatoms. The fourth-order valence-corrected chi connectivity index (χ4v) is 2.77. The maximum Gasteiger partial charge on any atom is 0.161 e. The summed E-state index contributed by atoms with van der Waals surface area (Å²) in [5.74, 6) is 0.554. The topological polar surface area (TPSA) is 29.5 Å². The van der Waals surface area contributed by atoms with Gasteiger partial charge < -0.3 is 4.74 Å². The number of ether oxygens (including phenoxy) is 1. The van der Waals surface area contributed by atoms with Crippen LogP contribution in [-0.2, 0) is 9.53 Å². The number of hydrogen-bond acceptors (Lipinski definition) is 3. The van der Waals surface area contributed by atoms with E-state index < -0.39 is 0 Å². The Labute approximate surface area is 97.5 Å². The van der Waals surface area contributed by atoms with E-state index in [1.54, 1.807) is 0 Å². The third kappa shape index (κ3) is 2.06. The Morgan fingerprint density at radius 3 is 2.38 bits per heavy atom. The lowest BCUT2D eigenvalue weighted by Gasteiger charge is -2.46. The average Bonchev–Trinajstić information content (AvgIpc) is 2.26. The molecule has 2 atom stereocenters. The van der Waals surface area contributed by atoms with Gasteiger partial charge in [-0.05, 0) is 39.3 Å². The molecule has 0 radical (unpaired) electrons. The van der Waals surface area contributed by atoms with Crippen molar-refractivity contribution >= 4 is 5.78 Å². The standard InChI is InChI=1S/C13H21NO2/c1-4-9(2)13(15)10-5-11-7-16-8-12(6-10)14(11)3/h4,10-12H,5-8H2,1-3H3. The van der Waals surface area contributed by atoms with Crippen molar-refractivity contribution < 1.29 is 9.53 Å². The zero-order valence-corrected chi connectivity index (χ0v) is 10.4. The molecule has 0 aromatic rings. The van der Waals surface area contributed by atoms with E-state index in [1.165, 1.54) is 0 Å². The van der Waals surface area contributed by atoms with Crippen LogP contribution in [0.4, 0.5) is 0 Å². The Balaban J connectivity index is 2.07. The van der Waals surface area contributed by atoms with Gasteiger partial charge in [-0.3, -0.25) is 9.69 Å². The van der Waals surface area contributed by atoms with E-state index >= 15 is 0 Å². The number of morpholine rings is 1. The second-order valence-electron chi connectivity index (χ2n) is 5.01. The minimum atomic E-state index is 0.214. The molecule has 2 fully saturated rings. The second-order valence-corrected chi connectivity index (χ2v) is 5.01. The molecule has 2 saturated heterocycles. The van der Waals surface area contributed by atoms with Gasteiger partial charge in [-0.2, -0.15) is 0 Å². The second kappa shape index (κ2) is 4.68. The Morgan fingerprint density at radius 1 is 1.31 bits per heavy atom. The molecule has 0 aromatic heterocycles. The predicted molar refractivity (Wildman–Crippen MR) is 63.3 cm³/mol. The molecule has 2 rings (SSSR count). The molecular formula is C13H21NO2. The summed E-state index contributed by atoms with van der Waals surface area (Å²) in [4.78, 5) is 14.5. The number of hydrogen-bond donors (Lipinski definition) is 0. The van der Waals surface area contributed by atoms with Crippen molar-refractivity contribution in [3.05, 3.63) is 11.6 Å². The minimum absolute atomic E-state index is 0.214. The first-order valence-electron chi connectivity index (χ1n) is 6.10. The van der Waals surface area contributed by atoms with Gasteiger partial charge in [0, 0.05) is 18.0 Å². The minimum Gasteiger partial charge on any atom is -0.378 e. The number of piperidine rings is 1. The van der Waals surface area contributed by atoms with E-state index in [-0.39, 0.29) is 5.92 Å². The lowest BCUT2D eigenvalue weighted by atomic mass is 9.81. The van der Waals surface area contributed by atoms with Crippen LogP contribution < -0.4 is 0 Å². The van der Waals surface area contributed by atoms with Gasteiger partial charge in [0.25, 0.3) is 0 Å². The van der Waals surface area contributed by atoms with E-state index in [4.69, 9.17) is 4.74 Å². The number of carbonyl (C=O) groups is 1. The summed E-state index contributed by atoms with van der Waals surface area (Å²) in [5, 5.41) is 0. The molecule has 0 spiro atoms. The van der Waals surface area contributed by atoms with Crippen molar-refractivity contribution in [1.82, 2.24) is 4.90 Å². The summed E-state index contributed by atoms with van der Waals surface area (Å²) < 4.78 is 5.55. The highest BCUT2D eigenvalue weighted by molar-refractivity contribution is 5.96. The molecule has 2 unspecified atom stereocenters. The Hall–Kier alpha value is -0.670. The van der Waals surface area contributed by atoms with Gasteiger partial charge in [-0.25, -0.2) is 0 Å². The highest BCUT2D eigenvalue weighted by Gasteiger charge is 2.39. The SMILES string of the molecule is CC=C(C)C(=O)C1CC2COCC(C1)N2C. The van der Waals surface area contributed by atoms with E-state index in [9.17, 15) is 4.79 Å². The summed E-state index contributed by atoms with van der Waals surface area (Å²) in [6.45, 7) is 5.43. The molecule has 2 bridgehead atoms. The molecule has 0 aromatic carbocycles. The van der Waals surface area contributed by atoms with Crippen LogP contribution in [0.25, 0.3) is 0 Å². The Bertz CT molecular complexity index is 297. The van der Waals surface area contributed by atoms with Crippen molar-refractivity contribution in [2.75, 3.05) is 20.3 Å². The smallest absolute Gasteiger partial charge is 0.161 e. The average molecular weight is 223 g/mol. The van der Waals surface area contributed by atoms with Crippen LogP contribution in [0.2, 0.25) is 0 Å². The molecule has 3 nitrogen and oxygen atoms in total. The first-order chi connectivity index (χ1) is 7.63. The Kier molecular flexibility index (Phi) is 3.45. The molecular weight excluding hydrogens is 202 g/mol. The summed E-state index contributed by atoms with van der Waals surface area (Å²) in [7, 11) is 2.15. The van der Waals surface area contributed by atoms with Gasteiger partial charge in [-0.15, -0.1) is 0 Å². The van der Waals surface area contributed by atoms with Gasteiger partial charge in [0.05, 0.1) is 13.2 Å². The third-order valence-electron chi connectivity index (χ3n) is 4.08. The molecule has 0 saturated carbocycles. The number of allylic oxidation sites excluding steroid dienone is 2. The first kappa shape index (κ1) is 11.8. The van der Waals surface area contributed by atoms with Crippen molar-refractivity contribution in [3.63, 3.8) is 0 Å². The van der Waals surface area contributed by atoms with E-state index in [0.717, 1.165) is 31.6 Å². The summed E-state index contributed by atoms with van der Waals surface area (Å²) >= 11 is 0. The lowest BCUT2D eigenvalue weighted by molar-refractivity contribution is -0.127. The summed E-state index contributed by atoms with van der Waals surface area (Å²) in [5.41, 5.74) is 0.911. The number of rotatable bonds is 2. The highest BCUT2D eigenvalue weighted by Crippen LogP contribution is 2.31. The number of ketones is 1. The fraction of sp³-hybridized carbons (Fsp3) is 0.769. The van der Waals surface area contributed by atoms with Crippen LogP contribution in [0.3, 0.4) is 0 Å². The highest BCUT2D eigenvalue weighted by atomic mass is 16.5. The van der Waals surface area contributed by atoms with Gasteiger partial charge in [0.15, 0.2) is 5.78 Å². The quantitative estimate of drug-likeness (QED) is 0.666. The van der Waals surface area contributed by atoms with E-state index in [1.807, 2.05) is 19.9 Å². The fourth-order valence-electron chi connectivity index (χ4n) is 2.77. The zero-order valence-electron chi connectivity index (χ0n) is 10.4. The normalized spacial score (nSPS) is 36.2. The van der Waals surface area contributed by atoms with Crippen LogP contribution in [0, 0.1) is 5.92 Å². The van der Waals surface area contributed by atoms with Gasteiger partial charge in [-0.1, -0.05) is 6.08 Å². The van der Waals surface area contributed by atoms with Crippen LogP contribution >= 0.6 is 0 Å². The number of Topliss-reactive ketones (excluding diaryl/α,β-unsaturated/α-hetero) is 1. The molecule has 2 aliphatic rings. The third-order valence-corrected chi connectivity index (χ3v) is 4.08. The molecule has 0 amide bonds. The first-order valence-corrected chi connectivity index (χ1v) is 6.10. The van der Waals surface area contributed by atoms with E-state index in [2.05, 4.69) is 11.9 Å². The van der Waals surface area contributed by atoms with Crippen molar-refractivity contribution in [2.45, 2.75) is 38.8 Å². The zero-order chi connectivity index (χ0) is 11.7. The van der Waals surface area contributed by atoms with Crippen molar-refractivity contribution in [1.29, 1.82) is 0 Å². The van der Waals surface area contributed by atoms with Crippen LogP contribution in [0.1, 0.15) is 26.7 Å². The maximum absolute atomic E-state index is 12.1. The molecule has 16 heavy (non-hydrogen) atoms. The van der Waals surface area contributed by atoms with Gasteiger partial charge in [0.2, 0.25) is 0 Å². The lowest BCUT2D eigenvalue weighted by Crippen LogP contribution is -2.55. The number of nitrogens with zero attached hydrogens (tertiary/aromatic N) is 1. The number of likely N-dealkylation sites (N-methyl/N-ethyl adjacent to an activating group) is 1. The van der Waals surface area contributed by atoms with Crippen LogP contribution in [0.15, 0.2) is 11.6 Å². The monoisotopic (exact) mass is 223 g/mol. The van der Waals surface area contributed by atoms with Crippen LogP contribution in [0.5, 0.6) is 0 Å². The van der Waals surface area contributed by atoms with Crippen LogP contribution in [-0.4, -0.2) is 43.0 Å². The van der Waals surface area contributed by atoms with E-state index in [0.29, 0.717) is 17.9 Å². The predicted octanol–water partition coefficient (Wildman–Crippen LogP) is 1.63. The largest absolute Gasteiger partial charge is 0.378 e. The molecule has 0 N–H and O–H groups in total. The molecule has 2 heterocycles. The summed E-state index contributed by atoms with van der Waals surface area (Å²) in [6, 6.07) is 0.872. The number of fused-ring (bicyclic) bond motifs is 2. The number of carbonyl (C=O) groups excluding carboxylic acids is 1. The maximum atomic E-state index is 12.1.